The van der Waals surface area contributed by atoms with Crippen molar-refractivity contribution >= 4 is 10.6 Å². The van der Waals surface area contributed by atoms with E-state index >= 15 is 0 Å². The van der Waals surface area contributed by atoms with Crippen LogP contribution >= 0.6 is 10.6 Å². The Hall–Kier alpha value is -0.250. The highest BCUT2D eigenvalue weighted by atomic mass is 32.2. The maximum Gasteiger partial charge on any atom is 0.0965 e. The van der Waals surface area contributed by atoms with Crippen molar-refractivity contribution in [2.45, 2.75) is 32.8 Å². The lowest BCUT2D eigenvalue weighted by Gasteiger charge is -2.26. The number of hydrogen-bond acceptors (Lipinski definition) is 3. The SMILES string of the molecule is C#[SH](C)OC(C)(C)/C(C)=C\CCNCCN. The fraction of sp³-hybridized carbons (Fsp3) is 0.750. The summed E-state index contributed by atoms with van der Waals surface area (Å²) < 4.78 is 5.71. The topological polar surface area (TPSA) is 47.3 Å². The first kappa shape index (κ1) is 15.8. The number of rotatable bonds is 7. The minimum Gasteiger partial charge on any atom is -0.329 e. The lowest BCUT2D eigenvalue weighted by Crippen LogP contribution is -2.25. The minimum absolute atomic E-state index is 0.261. The van der Waals surface area contributed by atoms with Crippen LogP contribution in [0.2, 0.25) is 0 Å². The molecule has 0 saturated heterocycles. The molecule has 0 aromatic carbocycles. The van der Waals surface area contributed by atoms with E-state index in [1.54, 1.807) is 0 Å². The highest BCUT2D eigenvalue weighted by Gasteiger charge is 2.20. The maximum atomic E-state index is 5.71. The summed E-state index contributed by atoms with van der Waals surface area (Å²) in [7, 11) is -0.818. The zero-order valence-electron chi connectivity index (χ0n) is 10.9. The monoisotopic (exact) mass is 246 g/mol. The van der Waals surface area contributed by atoms with E-state index < -0.39 is 10.6 Å². The molecule has 0 aliphatic rings. The summed E-state index contributed by atoms with van der Waals surface area (Å²) in [5, 5.41) is 3.25. The third kappa shape index (κ3) is 7.09. The highest BCUT2D eigenvalue weighted by molar-refractivity contribution is 8.01. The van der Waals surface area contributed by atoms with Gasteiger partial charge in [-0.3, -0.25) is 0 Å². The van der Waals surface area contributed by atoms with Crippen LogP contribution in [0.25, 0.3) is 0 Å². The van der Waals surface area contributed by atoms with Crippen LogP contribution in [-0.2, 0) is 4.18 Å². The fourth-order valence-electron chi connectivity index (χ4n) is 1.30. The Morgan fingerprint density at radius 2 is 2.12 bits per heavy atom. The third-order valence-electron chi connectivity index (χ3n) is 2.41. The van der Waals surface area contributed by atoms with Crippen molar-refractivity contribution in [2.75, 3.05) is 25.9 Å². The fourth-order valence-corrected chi connectivity index (χ4v) is 2.16. The Bertz CT molecular complexity index is 289. The Balaban J connectivity index is 4.06. The molecule has 0 aromatic heterocycles. The van der Waals surface area contributed by atoms with Gasteiger partial charge in [0.1, 0.15) is 0 Å². The van der Waals surface area contributed by atoms with Crippen LogP contribution in [0.5, 0.6) is 0 Å². The van der Waals surface area contributed by atoms with Gasteiger partial charge in [-0.25, -0.2) is 0 Å². The highest BCUT2D eigenvalue weighted by Crippen LogP contribution is 2.26. The zero-order valence-corrected chi connectivity index (χ0v) is 11.8. The molecular weight excluding hydrogens is 220 g/mol. The largest absolute Gasteiger partial charge is 0.329 e. The second-order valence-electron chi connectivity index (χ2n) is 4.36. The predicted octanol–water partition coefficient (Wildman–Crippen LogP) is 1.80. The quantitative estimate of drug-likeness (QED) is 0.365. The Kier molecular flexibility index (Phi) is 7.81. The summed E-state index contributed by atoms with van der Waals surface area (Å²) in [4.78, 5) is 0. The number of thiol groups is 1. The molecule has 1 atom stereocenters. The van der Waals surface area contributed by atoms with E-state index in [-0.39, 0.29) is 5.60 Å². The average molecular weight is 246 g/mol. The van der Waals surface area contributed by atoms with Gasteiger partial charge in [0.15, 0.2) is 0 Å². The first-order valence-corrected chi connectivity index (χ1v) is 7.43. The second kappa shape index (κ2) is 7.93. The predicted molar refractivity (Wildman–Crippen MR) is 75.3 cm³/mol. The van der Waals surface area contributed by atoms with Gasteiger partial charge in [-0.15, -0.1) is 5.69 Å². The van der Waals surface area contributed by atoms with Gasteiger partial charge in [0.05, 0.1) is 5.60 Å². The van der Waals surface area contributed by atoms with Crippen LogP contribution in [0, 0.1) is 5.69 Å². The van der Waals surface area contributed by atoms with E-state index in [4.69, 9.17) is 15.6 Å². The molecule has 0 amide bonds. The molecule has 1 unspecified atom stereocenters. The van der Waals surface area contributed by atoms with E-state index in [0.717, 1.165) is 19.5 Å². The molecule has 0 radical (unpaired) electrons. The maximum absolute atomic E-state index is 5.71. The number of hydrogen-bond donors (Lipinski definition) is 3. The molecule has 3 N–H and O–H groups in total. The molecule has 0 spiro atoms. The van der Waals surface area contributed by atoms with Gasteiger partial charge in [0.2, 0.25) is 0 Å². The molecule has 16 heavy (non-hydrogen) atoms. The number of nitrogens with one attached hydrogen (secondary N) is 1. The van der Waals surface area contributed by atoms with Gasteiger partial charge >= 0.3 is 0 Å². The summed E-state index contributed by atoms with van der Waals surface area (Å²) in [6.45, 7) is 8.70. The smallest absolute Gasteiger partial charge is 0.0965 e. The van der Waals surface area contributed by atoms with Gasteiger partial charge in [-0.1, -0.05) is 16.7 Å². The zero-order chi connectivity index (χ0) is 12.6. The van der Waals surface area contributed by atoms with E-state index in [2.05, 4.69) is 32.2 Å². The van der Waals surface area contributed by atoms with Crippen molar-refractivity contribution in [2.24, 2.45) is 5.73 Å². The molecule has 0 aromatic rings. The van der Waals surface area contributed by atoms with Gasteiger partial charge in [0.25, 0.3) is 0 Å². The molecule has 0 aliphatic heterocycles. The van der Waals surface area contributed by atoms with Crippen molar-refractivity contribution in [3.05, 3.63) is 11.6 Å². The summed E-state index contributed by atoms with van der Waals surface area (Å²) in [5.74, 6) is 0. The summed E-state index contributed by atoms with van der Waals surface area (Å²) >= 11 is 0. The van der Waals surface area contributed by atoms with Crippen LogP contribution in [0.3, 0.4) is 0 Å². The van der Waals surface area contributed by atoms with Crippen LogP contribution < -0.4 is 11.1 Å². The molecule has 4 heteroatoms. The lowest BCUT2D eigenvalue weighted by atomic mass is 9.99. The molecular formula is C12H26N2OS. The van der Waals surface area contributed by atoms with Crippen molar-refractivity contribution in [1.29, 1.82) is 0 Å². The Labute approximate surface area is 102 Å². The average Bonchev–Trinajstić information content (AvgIpc) is 2.15. The first-order valence-electron chi connectivity index (χ1n) is 5.65. The molecule has 0 saturated carbocycles. The Morgan fingerprint density at radius 3 is 2.62 bits per heavy atom. The van der Waals surface area contributed by atoms with Crippen LogP contribution in [0.15, 0.2) is 11.6 Å². The van der Waals surface area contributed by atoms with Gasteiger partial charge in [-0.2, -0.15) is 0 Å². The third-order valence-corrected chi connectivity index (χ3v) is 3.16. The second-order valence-corrected chi connectivity index (χ2v) is 5.64. The molecule has 0 heterocycles. The van der Waals surface area contributed by atoms with E-state index in [0.29, 0.717) is 6.54 Å². The minimum atomic E-state index is -0.818. The molecule has 96 valence electrons. The molecule has 0 fully saturated rings. The van der Waals surface area contributed by atoms with Crippen LogP contribution in [0.1, 0.15) is 27.2 Å². The van der Waals surface area contributed by atoms with Crippen molar-refractivity contribution in [1.82, 2.24) is 5.32 Å². The summed E-state index contributed by atoms with van der Waals surface area (Å²) in [6.07, 6.45) is 5.10. The molecule has 0 rings (SSSR count). The Morgan fingerprint density at radius 1 is 1.50 bits per heavy atom. The first-order chi connectivity index (χ1) is 7.40. The summed E-state index contributed by atoms with van der Waals surface area (Å²) in [6, 6.07) is 0. The summed E-state index contributed by atoms with van der Waals surface area (Å²) in [5.41, 5.74) is 12.0. The molecule has 3 nitrogen and oxygen atoms in total. The molecule has 0 bridgehead atoms. The number of nitrogens with two attached hydrogens (primary N) is 1. The van der Waals surface area contributed by atoms with Crippen molar-refractivity contribution < 1.29 is 4.18 Å². The normalized spacial score (nSPS) is 15.1. The van der Waals surface area contributed by atoms with Gasteiger partial charge in [0, 0.05) is 13.1 Å². The molecule has 0 aliphatic carbocycles. The van der Waals surface area contributed by atoms with Crippen molar-refractivity contribution in [3.8, 4) is 5.69 Å². The van der Waals surface area contributed by atoms with Gasteiger partial charge in [-0.05, 0) is 45.6 Å². The van der Waals surface area contributed by atoms with Crippen LogP contribution in [0.4, 0.5) is 0 Å². The van der Waals surface area contributed by atoms with E-state index in [1.807, 2.05) is 6.26 Å². The standard InChI is InChI=1S/C12H26N2OS/c1-11(7-6-9-14-10-8-13)12(2,3)15-16(4)5/h4,7,14,16H,6,8-10,13H2,1-3,5H3/b11-7-. The van der Waals surface area contributed by atoms with Gasteiger partial charge < -0.3 is 15.2 Å². The van der Waals surface area contributed by atoms with Crippen molar-refractivity contribution in [3.63, 3.8) is 0 Å². The van der Waals surface area contributed by atoms with E-state index in [1.165, 1.54) is 5.57 Å². The lowest BCUT2D eigenvalue weighted by molar-refractivity contribution is 0.184. The van der Waals surface area contributed by atoms with Crippen LogP contribution in [-0.4, -0.2) is 31.5 Å². The van der Waals surface area contributed by atoms with E-state index in [9.17, 15) is 0 Å².